The first-order chi connectivity index (χ1) is 20.2. The standard InChI is InChI=1S/C33H31N3O5S/c1-4-42(39,40)28-16-8-23(9-17-28)20-31(37)34-27-14-12-25(13-15-27)32-35-29-18-5-22(2)19-30(29)36(32)21-24-6-10-26(11-7-24)33(38)41-3/h5-19H,4,20-21H2,1-3H3,(H,34,37). The zero-order valence-corrected chi connectivity index (χ0v) is 24.4. The summed E-state index contributed by atoms with van der Waals surface area (Å²) in [5, 5.41) is 2.91. The molecule has 0 aliphatic carbocycles. The molecule has 9 heteroatoms. The first-order valence-corrected chi connectivity index (χ1v) is 15.2. The Labute approximate surface area is 244 Å². The zero-order valence-electron chi connectivity index (χ0n) is 23.6. The summed E-state index contributed by atoms with van der Waals surface area (Å²) in [6, 6.07) is 27.4. The van der Waals surface area contributed by atoms with Crippen molar-refractivity contribution in [2.45, 2.75) is 31.7 Å². The van der Waals surface area contributed by atoms with Crippen molar-refractivity contribution >= 4 is 38.4 Å². The van der Waals surface area contributed by atoms with Crippen LogP contribution in [0.15, 0.2) is 95.9 Å². The first kappa shape index (κ1) is 28.8. The van der Waals surface area contributed by atoms with Gasteiger partial charge in [-0.2, -0.15) is 0 Å². The van der Waals surface area contributed by atoms with Crippen LogP contribution in [0.3, 0.4) is 0 Å². The summed E-state index contributed by atoms with van der Waals surface area (Å²) in [4.78, 5) is 29.7. The molecule has 5 aromatic rings. The van der Waals surface area contributed by atoms with Crippen molar-refractivity contribution in [3.63, 3.8) is 0 Å². The van der Waals surface area contributed by atoms with E-state index in [1.54, 1.807) is 31.2 Å². The third kappa shape index (κ3) is 6.26. The number of imidazole rings is 1. The number of esters is 1. The molecule has 0 bridgehead atoms. The highest BCUT2D eigenvalue weighted by molar-refractivity contribution is 7.91. The lowest BCUT2D eigenvalue weighted by molar-refractivity contribution is -0.115. The molecule has 8 nitrogen and oxygen atoms in total. The summed E-state index contributed by atoms with van der Waals surface area (Å²) in [6.07, 6.45) is 0.123. The SMILES string of the molecule is CCS(=O)(=O)c1ccc(CC(=O)Nc2ccc(-c3nc4ccc(C)cc4n3Cc3ccc(C(=O)OC)cc3)cc2)cc1. The number of hydrogen-bond donors (Lipinski definition) is 1. The fourth-order valence-corrected chi connectivity index (χ4v) is 5.62. The van der Waals surface area contributed by atoms with Gasteiger partial charge in [0.25, 0.3) is 0 Å². The predicted octanol–water partition coefficient (Wildman–Crippen LogP) is 5.82. The van der Waals surface area contributed by atoms with Crippen LogP contribution >= 0.6 is 0 Å². The van der Waals surface area contributed by atoms with Gasteiger partial charge in [-0.25, -0.2) is 18.2 Å². The number of amides is 1. The number of rotatable bonds is 9. The van der Waals surface area contributed by atoms with E-state index >= 15 is 0 Å². The number of nitrogens with one attached hydrogen (secondary N) is 1. The molecule has 5 rings (SSSR count). The fraction of sp³-hybridized carbons (Fsp3) is 0.182. The third-order valence-electron chi connectivity index (χ3n) is 7.07. The van der Waals surface area contributed by atoms with Gasteiger partial charge < -0.3 is 14.6 Å². The van der Waals surface area contributed by atoms with Gasteiger partial charge in [0.2, 0.25) is 5.91 Å². The van der Waals surface area contributed by atoms with E-state index in [9.17, 15) is 18.0 Å². The number of aryl methyl sites for hydroxylation is 1. The number of methoxy groups -OCH3 is 1. The van der Waals surface area contributed by atoms with E-state index in [1.165, 1.54) is 19.2 Å². The topological polar surface area (TPSA) is 107 Å². The van der Waals surface area contributed by atoms with Gasteiger partial charge in [-0.05, 0) is 84.3 Å². The van der Waals surface area contributed by atoms with Gasteiger partial charge >= 0.3 is 5.97 Å². The van der Waals surface area contributed by atoms with Gasteiger partial charge in [-0.15, -0.1) is 0 Å². The maximum Gasteiger partial charge on any atom is 0.337 e. The maximum absolute atomic E-state index is 12.7. The van der Waals surface area contributed by atoms with Crippen molar-refractivity contribution in [3.05, 3.63) is 113 Å². The van der Waals surface area contributed by atoms with Crippen LogP contribution in [0.25, 0.3) is 22.4 Å². The Hall–Kier alpha value is -4.76. The van der Waals surface area contributed by atoms with Crippen LogP contribution in [-0.2, 0) is 32.3 Å². The van der Waals surface area contributed by atoms with E-state index in [0.29, 0.717) is 17.8 Å². The molecule has 1 heterocycles. The highest BCUT2D eigenvalue weighted by Crippen LogP contribution is 2.28. The largest absolute Gasteiger partial charge is 0.465 e. The van der Waals surface area contributed by atoms with Crippen LogP contribution in [0.5, 0.6) is 0 Å². The van der Waals surface area contributed by atoms with Crippen LogP contribution < -0.4 is 5.32 Å². The molecule has 0 radical (unpaired) electrons. The molecule has 1 N–H and O–H groups in total. The van der Waals surface area contributed by atoms with Crippen molar-refractivity contribution in [2.24, 2.45) is 0 Å². The lowest BCUT2D eigenvalue weighted by atomic mass is 10.1. The van der Waals surface area contributed by atoms with E-state index in [2.05, 4.69) is 16.0 Å². The number of benzene rings is 4. The Morgan fingerprint density at radius 2 is 1.55 bits per heavy atom. The Balaban J connectivity index is 1.35. The summed E-state index contributed by atoms with van der Waals surface area (Å²) in [5.41, 5.74) is 6.75. The van der Waals surface area contributed by atoms with Crippen molar-refractivity contribution in [1.82, 2.24) is 9.55 Å². The van der Waals surface area contributed by atoms with Crippen LogP contribution in [-0.4, -0.2) is 42.7 Å². The van der Waals surface area contributed by atoms with Crippen molar-refractivity contribution in [2.75, 3.05) is 18.2 Å². The Morgan fingerprint density at radius 1 is 0.881 bits per heavy atom. The van der Waals surface area contributed by atoms with Crippen LogP contribution in [0, 0.1) is 6.92 Å². The number of carbonyl (C=O) groups excluding carboxylic acids is 2. The van der Waals surface area contributed by atoms with Crippen LogP contribution in [0.4, 0.5) is 5.69 Å². The molecule has 214 valence electrons. The molecule has 0 saturated heterocycles. The molecule has 1 amide bonds. The van der Waals surface area contributed by atoms with Gasteiger partial charge in [-0.1, -0.05) is 37.3 Å². The number of sulfone groups is 1. The summed E-state index contributed by atoms with van der Waals surface area (Å²) in [6.45, 7) is 4.19. The highest BCUT2D eigenvalue weighted by atomic mass is 32.2. The van der Waals surface area contributed by atoms with E-state index in [4.69, 9.17) is 9.72 Å². The Kier molecular flexibility index (Phi) is 8.22. The number of carbonyl (C=O) groups is 2. The molecule has 0 spiro atoms. The summed E-state index contributed by atoms with van der Waals surface area (Å²) in [5.74, 6) is 0.237. The van der Waals surface area contributed by atoms with Crippen LogP contribution in [0.1, 0.15) is 34.0 Å². The molecular weight excluding hydrogens is 550 g/mol. The van der Waals surface area contributed by atoms with E-state index in [0.717, 1.165) is 39.1 Å². The number of hydrogen-bond acceptors (Lipinski definition) is 6. The molecule has 0 saturated carbocycles. The van der Waals surface area contributed by atoms with Gasteiger partial charge in [-0.3, -0.25) is 4.79 Å². The van der Waals surface area contributed by atoms with E-state index in [1.807, 2.05) is 55.5 Å². The molecule has 0 unspecified atom stereocenters. The molecule has 4 aromatic carbocycles. The molecule has 1 aromatic heterocycles. The second kappa shape index (κ2) is 12.0. The Morgan fingerprint density at radius 3 is 2.19 bits per heavy atom. The smallest absolute Gasteiger partial charge is 0.337 e. The van der Waals surface area contributed by atoms with Crippen molar-refractivity contribution in [1.29, 1.82) is 0 Å². The quantitative estimate of drug-likeness (QED) is 0.220. The molecule has 0 aliphatic heterocycles. The Bertz CT molecular complexity index is 1860. The molecule has 0 fully saturated rings. The molecular formula is C33H31N3O5S. The summed E-state index contributed by atoms with van der Waals surface area (Å²) in [7, 11) is -1.92. The maximum atomic E-state index is 12.7. The minimum atomic E-state index is -3.28. The minimum absolute atomic E-state index is 0.0306. The normalized spacial score (nSPS) is 11.4. The average molecular weight is 582 g/mol. The number of nitrogens with zero attached hydrogens (tertiary/aromatic N) is 2. The van der Waals surface area contributed by atoms with Crippen molar-refractivity contribution < 1.29 is 22.7 Å². The summed E-state index contributed by atoms with van der Waals surface area (Å²) < 4.78 is 31.0. The first-order valence-electron chi connectivity index (χ1n) is 13.5. The number of ether oxygens (including phenoxy) is 1. The van der Waals surface area contributed by atoms with Crippen LogP contribution in [0.2, 0.25) is 0 Å². The fourth-order valence-electron chi connectivity index (χ4n) is 4.73. The van der Waals surface area contributed by atoms with E-state index < -0.39 is 9.84 Å². The zero-order chi connectivity index (χ0) is 29.9. The van der Waals surface area contributed by atoms with Gasteiger partial charge in [0.1, 0.15) is 5.82 Å². The predicted molar refractivity (Wildman–Crippen MR) is 163 cm³/mol. The molecule has 42 heavy (non-hydrogen) atoms. The second-order valence-corrected chi connectivity index (χ2v) is 12.3. The number of aromatic nitrogens is 2. The minimum Gasteiger partial charge on any atom is -0.465 e. The monoisotopic (exact) mass is 581 g/mol. The average Bonchev–Trinajstić information content (AvgIpc) is 3.34. The second-order valence-electron chi connectivity index (χ2n) is 10.1. The summed E-state index contributed by atoms with van der Waals surface area (Å²) >= 11 is 0. The lowest BCUT2D eigenvalue weighted by Crippen LogP contribution is -2.14. The molecule has 0 atom stereocenters. The third-order valence-corrected chi connectivity index (χ3v) is 8.82. The molecule has 0 aliphatic rings. The van der Waals surface area contributed by atoms with Gasteiger partial charge in [0.15, 0.2) is 9.84 Å². The number of fused-ring (bicyclic) bond motifs is 1. The van der Waals surface area contributed by atoms with Gasteiger partial charge in [0, 0.05) is 17.8 Å². The van der Waals surface area contributed by atoms with Gasteiger partial charge in [0.05, 0.1) is 40.8 Å². The van der Waals surface area contributed by atoms with E-state index in [-0.39, 0.29) is 28.9 Å². The van der Waals surface area contributed by atoms with Crippen molar-refractivity contribution in [3.8, 4) is 11.4 Å². The lowest BCUT2D eigenvalue weighted by Gasteiger charge is -2.12. The number of anilines is 1. The highest BCUT2D eigenvalue weighted by Gasteiger charge is 2.15.